The molecular weight excluding hydrogens is 394 g/mol. The fourth-order valence-electron chi connectivity index (χ4n) is 2.16. The van der Waals surface area contributed by atoms with Crippen molar-refractivity contribution in [2.75, 3.05) is 6.61 Å². The van der Waals surface area contributed by atoms with E-state index in [0.717, 1.165) is 5.56 Å². The van der Waals surface area contributed by atoms with Crippen molar-refractivity contribution in [3.8, 4) is 17.0 Å². The average molecular weight is 407 g/mol. The van der Waals surface area contributed by atoms with Crippen LogP contribution in [0.1, 0.15) is 5.56 Å². The molecule has 0 unspecified atom stereocenters. The molecule has 0 bridgehead atoms. The first-order chi connectivity index (χ1) is 13.0. The van der Waals surface area contributed by atoms with E-state index in [9.17, 15) is 9.18 Å². The SMILES string of the molecule is O=C(COc1ccc(F)cc1)N/N=C/c1cn[nH]c1-c1ccc(Cl)c(Cl)c1. The monoisotopic (exact) mass is 406 g/mol. The van der Waals surface area contributed by atoms with E-state index in [4.69, 9.17) is 27.9 Å². The number of hydrogen-bond acceptors (Lipinski definition) is 4. The quantitative estimate of drug-likeness (QED) is 0.478. The van der Waals surface area contributed by atoms with Gasteiger partial charge in [-0.05, 0) is 36.4 Å². The van der Waals surface area contributed by atoms with Crippen LogP contribution in [0.15, 0.2) is 53.8 Å². The van der Waals surface area contributed by atoms with E-state index in [1.165, 1.54) is 30.5 Å². The van der Waals surface area contributed by atoms with E-state index in [1.807, 2.05) is 0 Å². The zero-order valence-corrected chi connectivity index (χ0v) is 15.3. The third-order valence-electron chi connectivity index (χ3n) is 3.45. The van der Waals surface area contributed by atoms with E-state index in [0.29, 0.717) is 27.1 Å². The van der Waals surface area contributed by atoms with Gasteiger partial charge in [-0.3, -0.25) is 9.89 Å². The molecule has 0 saturated heterocycles. The summed E-state index contributed by atoms with van der Waals surface area (Å²) in [6, 6.07) is 10.5. The van der Waals surface area contributed by atoms with Crippen molar-refractivity contribution in [3.63, 3.8) is 0 Å². The second-order valence-electron chi connectivity index (χ2n) is 5.37. The number of amides is 1. The van der Waals surface area contributed by atoms with Crippen molar-refractivity contribution < 1.29 is 13.9 Å². The molecule has 0 saturated carbocycles. The van der Waals surface area contributed by atoms with E-state index in [2.05, 4.69) is 20.7 Å². The number of aromatic nitrogens is 2. The van der Waals surface area contributed by atoms with Crippen LogP contribution in [-0.4, -0.2) is 28.9 Å². The minimum Gasteiger partial charge on any atom is -0.484 e. The average Bonchev–Trinajstić information content (AvgIpc) is 3.12. The summed E-state index contributed by atoms with van der Waals surface area (Å²) in [6.07, 6.45) is 3.00. The lowest BCUT2D eigenvalue weighted by molar-refractivity contribution is -0.123. The van der Waals surface area contributed by atoms with Crippen LogP contribution >= 0.6 is 23.2 Å². The number of H-pyrrole nitrogens is 1. The van der Waals surface area contributed by atoms with E-state index in [1.54, 1.807) is 24.4 Å². The number of carbonyl (C=O) groups is 1. The highest BCUT2D eigenvalue weighted by Crippen LogP contribution is 2.28. The summed E-state index contributed by atoms with van der Waals surface area (Å²) in [6.45, 7) is -0.256. The number of nitrogens with one attached hydrogen (secondary N) is 2. The number of aromatic amines is 1. The molecule has 0 fully saturated rings. The molecule has 1 heterocycles. The Bertz CT molecular complexity index is 974. The van der Waals surface area contributed by atoms with Gasteiger partial charge in [-0.15, -0.1) is 0 Å². The molecule has 0 radical (unpaired) electrons. The molecule has 0 aliphatic carbocycles. The molecule has 27 heavy (non-hydrogen) atoms. The zero-order chi connectivity index (χ0) is 19.2. The second kappa shape index (κ2) is 8.66. The Morgan fingerprint density at radius 3 is 2.74 bits per heavy atom. The molecule has 0 spiro atoms. The van der Waals surface area contributed by atoms with Crippen LogP contribution in [0.3, 0.4) is 0 Å². The molecule has 1 amide bonds. The number of nitrogens with zero attached hydrogens (tertiary/aromatic N) is 2. The lowest BCUT2D eigenvalue weighted by Gasteiger charge is -2.04. The third kappa shape index (κ3) is 5.06. The highest BCUT2D eigenvalue weighted by Gasteiger charge is 2.08. The van der Waals surface area contributed by atoms with Gasteiger partial charge in [-0.25, -0.2) is 9.82 Å². The summed E-state index contributed by atoms with van der Waals surface area (Å²) in [5.41, 5.74) is 4.44. The molecule has 3 aromatic rings. The van der Waals surface area contributed by atoms with Gasteiger partial charge >= 0.3 is 0 Å². The highest BCUT2D eigenvalue weighted by molar-refractivity contribution is 6.42. The Morgan fingerprint density at radius 1 is 1.22 bits per heavy atom. The number of carbonyl (C=O) groups excluding carboxylic acids is 1. The normalized spacial score (nSPS) is 10.9. The number of hydrazone groups is 1. The van der Waals surface area contributed by atoms with Crippen molar-refractivity contribution in [1.82, 2.24) is 15.6 Å². The molecule has 1 aromatic heterocycles. The van der Waals surface area contributed by atoms with Gasteiger partial charge in [0.05, 0.1) is 28.2 Å². The van der Waals surface area contributed by atoms with Crippen LogP contribution in [0.25, 0.3) is 11.3 Å². The van der Waals surface area contributed by atoms with Crippen LogP contribution in [-0.2, 0) is 4.79 Å². The number of ether oxygens (including phenoxy) is 1. The molecule has 3 rings (SSSR count). The predicted molar refractivity (Wildman–Crippen MR) is 102 cm³/mol. The maximum atomic E-state index is 12.8. The Kier molecular flexibility index (Phi) is 6.05. The Hall–Kier alpha value is -2.90. The van der Waals surface area contributed by atoms with Crippen LogP contribution in [0, 0.1) is 5.82 Å². The molecule has 6 nitrogen and oxygen atoms in total. The maximum Gasteiger partial charge on any atom is 0.277 e. The van der Waals surface area contributed by atoms with Crippen molar-refractivity contribution in [2.24, 2.45) is 5.10 Å². The van der Waals surface area contributed by atoms with Crippen LogP contribution in [0.4, 0.5) is 4.39 Å². The summed E-state index contributed by atoms with van der Waals surface area (Å²) in [5, 5.41) is 11.6. The summed E-state index contributed by atoms with van der Waals surface area (Å²) < 4.78 is 18.0. The molecule has 9 heteroatoms. The van der Waals surface area contributed by atoms with Gasteiger partial charge in [-0.2, -0.15) is 10.2 Å². The van der Waals surface area contributed by atoms with Crippen molar-refractivity contribution >= 4 is 35.3 Å². The van der Waals surface area contributed by atoms with Crippen molar-refractivity contribution in [2.45, 2.75) is 0 Å². The Labute approximate surface area is 164 Å². The summed E-state index contributed by atoms with van der Waals surface area (Å²) in [4.78, 5) is 11.8. The smallest absolute Gasteiger partial charge is 0.277 e. The molecule has 0 aliphatic heterocycles. The number of hydrogen-bond donors (Lipinski definition) is 2. The van der Waals surface area contributed by atoms with Crippen LogP contribution in [0.5, 0.6) is 5.75 Å². The minimum absolute atomic E-state index is 0.256. The van der Waals surface area contributed by atoms with Gasteiger partial charge in [0.2, 0.25) is 0 Å². The number of benzene rings is 2. The van der Waals surface area contributed by atoms with E-state index in [-0.39, 0.29) is 12.4 Å². The zero-order valence-electron chi connectivity index (χ0n) is 13.7. The predicted octanol–water partition coefficient (Wildman–Crippen LogP) is 4.05. The molecule has 2 N–H and O–H groups in total. The fourth-order valence-corrected chi connectivity index (χ4v) is 2.46. The molecule has 138 valence electrons. The maximum absolute atomic E-state index is 12.8. The largest absolute Gasteiger partial charge is 0.484 e. The van der Waals surface area contributed by atoms with Gasteiger partial charge in [0.25, 0.3) is 5.91 Å². The van der Waals surface area contributed by atoms with E-state index >= 15 is 0 Å². The molecule has 0 atom stereocenters. The number of rotatable bonds is 6. The van der Waals surface area contributed by atoms with Gasteiger partial charge in [-0.1, -0.05) is 29.3 Å². The van der Waals surface area contributed by atoms with Crippen molar-refractivity contribution in [1.29, 1.82) is 0 Å². The van der Waals surface area contributed by atoms with Gasteiger partial charge in [0, 0.05) is 11.1 Å². The van der Waals surface area contributed by atoms with Gasteiger partial charge in [0.15, 0.2) is 6.61 Å². The fraction of sp³-hybridized carbons (Fsp3) is 0.0556. The lowest BCUT2D eigenvalue weighted by atomic mass is 10.1. The lowest BCUT2D eigenvalue weighted by Crippen LogP contribution is -2.24. The second-order valence-corrected chi connectivity index (χ2v) is 6.18. The van der Waals surface area contributed by atoms with E-state index < -0.39 is 5.91 Å². The summed E-state index contributed by atoms with van der Waals surface area (Å²) in [5.74, 6) is -0.461. The van der Waals surface area contributed by atoms with Gasteiger partial charge < -0.3 is 4.74 Å². The third-order valence-corrected chi connectivity index (χ3v) is 4.19. The standard InChI is InChI=1S/C18H13Cl2FN4O2/c19-15-6-1-11(7-16(15)20)18-12(9-23-25-18)8-22-24-17(26)10-27-14-4-2-13(21)3-5-14/h1-9H,10H2,(H,23,25)(H,24,26)/b22-8+. The Morgan fingerprint density at radius 2 is 2.00 bits per heavy atom. The minimum atomic E-state index is -0.463. The summed E-state index contributed by atoms with van der Waals surface area (Å²) in [7, 11) is 0. The first kappa shape index (κ1) is 18.9. The van der Waals surface area contributed by atoms with Crippen LogP contribution < -0.4 is 10.2 Å². The molecule has 0 aliphatic rings. The first-order valence-electron chi connectivity index (χ1n) is 7.72. The highest BCUT2D eigenvalue weighted by atomic mass is 35.5. The molecular formula is C18H13Cl2FN4O2. The topological polar surface area (TPSA) is 79.4 Å². The summed E-state index contributed by atoms with van der Waals surface area (Å²) >= 11 is 12.0. The Balaban J connectivity index is 1.58. The van der Waals surface area contributed by atoms with Crippen LogP contribution in [0.2, 0.25) is 10.0 Å². The number of halogens is 3. The first-order valence-corrected chi connectivity index (χ1v) is 8.47. The molecule has 2 aromatic carbocycles. The van der Waals surface area contributed by atoms with Crippen molar-refractivity contribution in [3.05, 3.63) is 70.1 Å². The van der Waals surface area contributed by atoms with Gasteiger partial charge in [0.1, 0.15) is 11.6 Å².